The molecule has 0 radical (unpaired) electrons. The molecule has 1 amide bonds. The molecular weight excluding hydrogens is 212 g/mol. The SMILES string of the molecule is CC1(C)CCC(NCC(=O)N2CCCCC2)C1. The van der Waals surface area contributed by atoms with E-state index < -0.39 is 0 Å². The number of nitrogens with zero attached hydrogens (tertiary/aromatic N) is 1. The molecule has 2 aliphatic rings. The fourth-order valence-corrected chi connectivity index (χ4v) is 3.10. The van der Waals surface area contributed by atoms with Gasteiger partial charge in [0.2, 0.25) is 5.91 Å². The van der Waals surface area contributed by atoms with Gasteiger partial charge in [-0.1, -0.05) is 13.8 Å². The van der Waals surface area contributed by atoms with Gasteiger partial charge in [-0.3, -0.25) is 4.79 Å². The number of amides is 1. The fraction of sp³-hybridized carbons (Fsp3) is 0.929. The molecule has 1 saturated heterocycles. The minimum absolute atomic E-state index is 0.300. The van der Waals surface area contributed by atoms with Crippen LogP contribution >= 0.6 is 0 Å². The molecule has 17 heavy (non-hydrogen) atoms. The van der Waals surface area contributed by atoms with Crippen LogP contribution < -0.4 is 5.32 Å². The molecule has 3 nitrogen and oxygen atoms in total. The van der Waals surface area contributed by atoms with Gasteiger partial charge in [0.1, 0.15) is 0 Å². The second-order valence-corrected chi connectivity index (χ2v) is 6.43. The molecule has 1 aliphatic heterocycles. The largest absolute Gasteiger partial charge is 0.342 e. The van der Waals surface area contributed by atoms with E-state index in [-0.39, 0.29) is 0 Å². The van der Waals surface area contributed by atoms with E-state index in [2.05, 4.69) is 19.2 Å². The Morgan fingerprint density at radius 3 is 2.59 bits per heavy atom. The van der Waals surface area contributed by atoms with Crippen LogP contribution in [0.4, 0.5) is 0 Å². The molecule has 2 rings (SSSR count). The van der Waals surface area contributed by atoms with Crippen molar-refractivity contribution in [2.45, 2.75) is 58.4 Å². The maximum Gasteiger partial charge on any atom is 0.236 e. The van der Waals surface area contributed by atoms with Crippen molar-refractivity contribution in [3.63, 3.8) is 0 Å². The lowest BCUT2D eigenvalue weighted by Gasteiger charge is -2.27. The molecule has 0 bridgehead atoms. The normalized spacial score (nSPS) is 28.4. The Morgan fingerprint density at radius 1 is 1.29 bits per heavy atom. The van der Waals surface area contributed by atoms with Gasteiger partial charge in [-0.05, 0) is 43.9 Å². The van der Waals surface area contributed by atoms with Crippen LogP contribution in [0.25, 0.3) is 0 Å². The smallest absolute Gasteiger partial charge is 0.236 e. The molecule has 2 fully saturated rings. The number of piperidine rings is 1. The Balaban J connectivity index is 1.69. The number of likely N-dealkylation sites (tertiary alicyclic amines) is 1. The predicted octanol–water partition coefficient (Wildman–Crippen LogP) is 2.17. The molecule has 1 aliphatic carbocycles. The summed E-state index contributed by atoms with van der Waals surface area (Å²) in [6, 6.07) is 0.554. The highest BCUT2D eigenvalue weighted by atomic mass is 16.2. The number of hydrogen-bond acceptors (Lipinski definition) is 2. The monoisotopic (exact) mass is 238 g/mol. The highest BCUT2D eigenvalue weighted by Crippen LogP contribution is 2.36. The number of rotatable bonds is 3. The maximum atomic E-state index is 12.0. The third kappa shape index (κ3) is 3.70. The fourth-order valence-electron chi connectivity index (χ4n) is 3.10. The average Bonchev–Trinajstić information content (AvgIpc) is 2.67. The first-order valence-corrected chi connectivity index (χ1v) is 7.08. The number of hydrogen-bond donors (Lipinski definition) is 1. The second kappa shape index (κ2) is 5.38. The van der Waals surface area contributed by atoms with E-state index in [1.807, 2.05) is 4.90 Å². The van der Waals surface area contributed by atoms with E-state index in [9.17, 15) is 4.79 Å². The van der Waals surface area contributed by atoms with Crippen LogP contribution in [-0.2, 0) is 4.79 Å². The first-order chi connectivity index (χ1) is 8.07. The van der Waals surface area contributed by atoms with Crippen molar-refractivity contribution in [2.75, 3.05) is 19.6 Å². The van der Waals surface area contributed by atoms with E-state index in [1.165, 1.54) is 38.5 Å². The van der Waals surface area contributed by atoms with E-state index >= 15 is 0 Å². The van der Waals surface area contributed by atoms with Gasteiger partial charge >= 0.3 is 0 Å². The summed E-state index contributed by atoms with van der Waals surface area (Å²) in [6.45, 7) is 7.12. The van der Waals surface area contributed by atoms with Crippen LogP contribution in [-0.4, -0.2) is 36.5 Å². The van der Waals surface area contributed by atoms with Crippen LogP contribution in [0.3, 0.4) is 0 Å². The minimum Gasteiger partial charge on any atom is -0.342 e. The third-order valence-corrected chi connectivity index (χ3v) is 4.22. The Labute approximate surface area is 105 Å². The van der Waals surface area contributed by atoms with Crippen LogP contribution in [0.2, 0.25) is 0 Å². The number of carbonyl (C=O) groups excluding carboxylic acids is 1. The van der Waals surface area contributed by atoms with Crippen molar-refractivity contribution in [3.05, 3.63) is 0 Å². The zero-order chi connectivity index (χ0) is 12.3. The first-order valence-electron chi connectivity index (χ1n) is 7.08. The van der Waals surface area contributed by atoms with Gasteiger partial charge in [0.25, 0.3) is 0 Å². The van der Waals surface area contributed by atoms with Gasteiger partial charge in [0, 0.05) is 19.1 Å². The molecule has 0 spiro atoms. The lowest BCUT2D eigenvalue weighted by Crippen LogP contribution is -2.43. The average molecular weight is 238 g/mol. The van der Waals surface area contributed by atoms with Crippen molar-refractivity contribution >= 4 is 5.91 Å². The Morgan fingerprint density at radius 2 is 2.00 bits per heavy atom. The van der Waals surface area contributed by atoms with Crippen LogP contribution in [0, 0.1) is 5.41 Å². The van der Waals surface area contributed by atoms with E-state index in [0.717, 1.165) is 13.1 Å². The number of nitrogens with one attached hydrogen (secondary N) is 1. The summed E-state index contributed by atoms with van der Waals surface area (Å²) in [7, 11) is 0. The standard InChI is InChI=1S/C14H26N2O/c1-14(2)7-6-12(10-14)15-11-13(17)16-8-4-3-5-9-16/h12,15H,3-11H2,1-2H3. The van der Waals surface area contributed by atoms with Crippen molar-refractivity contribution in [1.29, 1.82) is 0 Å². The molecule has 1 heterocycles. The second-order valence-electron chi connectivity index (χ2n) is 6.43. The molecule has 0 aromatic carbocycles. The Bertz CT molecular complexity index is 269. The predicted molar refractivity (Wildman–Crippen MR) is 69.9 cm³/mol. The van der Waals surface area contributed by atoms with E-state index in [1.54, 1.807) is 0 Å². The molecule has 0 aromatic rings. The van der Waals surface area contributed by atoms with Gasteiger partial charge in [-0.2, -0.15) is 0 Å². The van der Waals surface area contributed by atoms with E-state index in [4.69, 9.17) is 0 Å². The third-order valence-electron chi connectivity index (χ3n) is 4.22. The highest BCUT2D eigenvalue weighted by Gasteiger charge is 2.31. The van der Waals surface area contributed by atoms with Gasteiger partial charge < -0.3 is 10.2 Å². The summed E-state index contributed by atoms with van der Waals surface area (Å²) in [6.07, 6.45) is 7.36. The molecule has 1 saturated carbocycles. The van der Waals surface area contributed by atoms with Crippen molar-refractivity contribution < 1.29 is 4.79 Å². The van der Waals surface area contributed by atoms with Crippen molar-refractivity contribution in [2.24, 2.45) is 5.41 Å². The van der Waals surface area contributed by atoms with Gasteiger partial charge in [0.05, 0.1) is 6.54 Å². The molecule has 0 aromatic heterocycles. The molecule has 1 atom stereocenters. The highest BCUT2D eigenvalue weighted by molar-refractivity contribution is 5.78. The zero-order valence-electron chi connectivity index (χ0n) is 11.3. The number of carbonyl (C=O) groups is 1. The first kappa shape index (κ1) is 12.9. The molecule has 3 heteroatoms. The summed E-state index contributed by atoms with van der Waals surface area (Å²) >= 11 is 0. The Hall–Kier alpha value is -0.570. The molecule has 1 unspecified atom stereocenters. The summed E-state index contributed by atoms with van der Waals surface area (Å²) in [4.78, 5) is 14.0. The van der Waals surface area contributed by atoms with E-state index in [0.29, 0.717) is 23.9 Å². The minimum atomic E-state index is 0.300. The molecule has 98 valence electrons. The summed E-state index contributed by atoms with van der Waals surface area (Å²) in [5.74, 6) is 0.300. The summed E-state index contributed by atoms with van der Waals surface area (Å²) < 4.78 is 0. The van der Waals surface area contributed by atoms with Crippen LogP contribution in [0.1, 0.15) is 52.4 Å². The zero-order valence-corrected chi connectivity index (χ0v) is 11.3. The lowest BCUT2D eigenvalue weighted by molar-refractivity contribution is -0.131. The topological polar surface area (TPSA) is 32.3 Å². The summed E-state index contributed by atoms with van der Waals surface area (Å²) in [5, 5.41) is 3.44. The lowest BCUT2D eigenvalue weighted by atomic mass is 9.92. The van der Waals surface area contributed by atoms with Crippen LogP contribution in [0.15, 0.2) is 0 Å². The Kier molecular flexibility index (Phi) is 4.08. The maximum absolute atomic E-state index is 12.0. The van der Waals surface area contributed by atoms with Gasteiger partial charge in [0.15, 0.2) is 0 Å². The van der Waals surface area contributed by atoms with Crippen LogP contribution in [0.5, 0.6) is 0 Å². The molecule has 1 N–H and O–H groups in total. The van der Waals surface area contributed by atoms with Gasteiger partial charge in [-0.15, -0.1) is 0 Å². The van der Waals surface area contributed by atoms with Crippen molar-refractivity contribution in [1.82, 2.24) is 10.2 Å². The van der Waals surface area contributed by atoms with Gasteiger partial charge in [-0.25, -0.2) is 0 Å². The molecular formula is C14H26N2O. The van der Waals surface area contributed by atoms with Crippen molar-refractivity contribution in [3.8, 4) is 0 Å². The summed E-state index contributed by atoms with van der Waals surface area (Å²) in [5.41, 5.74) is 0.464. The quantitative estimate of drug-likeness (QED) is 0.817.